The van der Waals surface area contributed by atoms with E-state index in [9.17, 15) is 15.0 Å². The Morgan fingerprint density at radius 2 is 1.79 bits per heavy atom. The molecule has 3 rings (SSSR count). The Bertz CT molecular complexity index is 1030. The maximum Gasteiger partial charge on any atom is 0.412 e. The fourth-order valence-corrected chi connectivity index (χ4v) is 3.66. The molecule has 0 aliphatic heterocycles. The molecule has 7 nitrogen and oxygen atoms in total. The van der Waals surface area contributed by atoms with Crippen molar-refractivity contribution in [2.75, 3.05) is 25.3 Å². The number of amides is 1. The number of carbonyl (C=O) groups excluding carboxylic acids is 1. The Balaban J connectivity index is 1.87. The van der Waals surface area contributed by atoms with E-state index in [2.05, 4.69) is 5.32 Å². The molecule has 3 aromatic rings. The van der Waals surface area contributed by atoms with Crippen molar-refractivity contribution in [1.29, 1.82) is 0 Å². The SMILES string of the molecule is COc1ccc([C@H](OC(=O)Nc2ccc(SC)cc2)[C@H](CCO)Oc2ccccc2)cc1O. The molecule has 2 atom stereocenters. The minimum atomic E-state index is -0.917. The number of carbonyl (C=O) groups is 1. The molecule has 8 heteroatoms. The number of anilines is 1. The molecule has 0 saturated carbocycles. The summed E-state index contributed by atoms with van der Waals surface area (Å²) in [6.07, 6.45) is -0.150. The van der Waals surface area contributed by atoms with E-state index in [0.717, 1.165) is 4.90 Å². The van der Waals surface area contributed by atoms with Crippen molar-refractivity contribution in [3.05, 3.63) is 78.4 Å². The van der Waals surface area contributed by atoms with E-state index in [0.29, 0.717) is 22.7 Å². The molecule has 3 aromatic carbocycles. The molecule has 1 amide bonds. The van der Waals surface area contributed by atoms with Crippen LogP contribution in [-0.4, -0.2) is 42.4 Å². The molecule has 0 spiro atoms. The highest BCUT2D eigenvalue weighted by Gasteiger charge is 2.30. The molecule has 174 valence electrons. The van der Waals surface area contributed by atoms with E-state index < -0.39 is 18.3 Å². The third-order valence-corrected chi connectivity index (χ3v) is 5.63. The van der Waals surface area contributed by atoms with Gasteiger partial charge in [-0.25, -0.2) is 4.79 Å². The molecule has 0 aromatic heterocycles. The van der Waals surface area contributed by atoms with Crippen LogP contribution in [0.3, 0.4) is 0 Å². The number of ether oxygens (including phenoxy) is 3. The average Bonchev–Trinajstić information content (AvgIpc) is 2.83. The lowest BCUT2D eigenvalue weighted by Crippen LogP contribution is -2.31. The Kier molecular flexibility index (Phi) is 8.86. The van der Waals surface area contributed by atoms with Crippen LogP contribution in [-0.2, 0) is 4.74 Å². The summed E-state index contributed by atoms with van der Waals surface area (Å²) in [5, 5.41) is 22.7. The molecule has 0 aliphatic carbocycles. The molecular weight excluding hydrogens is 442 g/mol. The van der Waals surface area contributed by atoms with Gasteiger partial charge in [0.05, 0.1) is 7.11 Å². The molecule has 0 saturated heterocycles. The van der Waals surface area contributed by atoms with Gasteiger partial charge in [-0.2, -0.15) is 0 Å². The first-order chi connectivity index (χ1) is 16.0. The average molecular weight is 470 g/mol. The van der Waals surface area contributed by atoms with Crippen molar-refractivity contribution in [3.8, 4) is 17.2 Å². The number of phenols is 1. The molecule has 3 N–H and O–H groups in total. The van der Waals surface area contributed by atoms with Crippen LogP contribution < -0.4 is 14.8 Å². The highest BCUT2D eigenvalue weighted by molar-refractivity contribution is 7.98. The summed E-state index contributed by atoms with van der Waals surface area (Å²) < 4.78 is 17.0. The largest absolute Gasteiger partial charge is 0.504 e. The molecule has 33 heavy (non-hydrogen) atoms. The molecule has 0 unspecified atom stereocenters. The van der Waals surface area contributed by atoms with E-state index in [1.54, 1.807) is 48.2 Å². The number of phenolic OH excluding ortho intramolecular Hbond substituents is 1. The number of aliphatic hydroxyl groups excluding tert-OH is 1. The summed E-state index contributed by atoms with van der Waals surface area (Å²) >= 11 is 1.60. The van der Waals surface area contributed by atoms with Crippen LogP contribution in [0.25, 0.3) is 0 Å². The monoisotopic (exact) mass is 469 g/mol. The zero-order chi connectivity index (χ0) is 23.6. The fraction of sp³-hybridized carbons (Fsp3) is 0.240. The molecular formula is C25H27NO6S. The number of rotatable bonds is 10. The number of nitrogens with one attached hydrogen (secondary N) is 1. The Morgan fingerprint density at radius 3 is 2.39 bits per heavy atom. The minimum absolute atomic E-state index is 0.0980. The number of hydrogen-bond donors (Lipinski definition) is 3. The van der Waals surface area contributed by atoms with Gasteiger partial charge in [-0.05, 0) is 54.8 Å². The van der Waals surface area contributed by atoms with Gasteiger partial charge in [-0.1, -0.05) is 24.3 Å². The lowest BCUT2D eigenvalue weighted by Gasteiger charge is -2.28. The van der Waals surface area contributed by atoms with E-state index in [4.69, 9.17) is 14.2 Å². The van der Waals surface area contributed by atoms with Crippen LogP contribution in [0, 0.1) is 0 Å². The third-order valence-electron chi connectivity index (χ3n) is 4.88. The highest BCUT2D eigenvalue weighted by atomic mass is 32.2. The van der Waals surface area contributed by atoms with Gasteiger partial charge in [-0.15, -0.1) is 11.8 Å². The number of aliphatic hydroxyl groups is 1. The first-order valence-corrected chi connectivity index (χ1v) is 11.6. The van der Waals surface area contributed by atoms with Crippen molar-refractivity contribution in [1.82, 2.24) is 0 Å². The summed E-state index contributed by atoms with van der Waals surface area (Å²) in [6, 6.07) is 21.2. The number of methoxy groups -OCH3 is 1. The molecule has 0 radical (unpaired) electrons. The number of benzene rings is 3. The maximum atomic E-state index is 12.8. The van der Waals surface area contributed by atoms with E-state index in [-0.39, 0.29) is 18.8 Å². The van der Waals surface area contributed by atoms with Crippen molar-refractivity contribution < 1.29 is 29.2 Å². The van der Waals surface area contributed by atoms with E-state index in [1.165, 1.54) is 13.2 Å². The smallest absolute Gasteiger partial charge is 0.412 e. The predicted octanol–water partition coefficient (Wildman–Crippen LogP) is 5.24. The standard InChI is InChI=1S/C25H27NO6S/c1-30-22-13-8-17(16-21(22)28)24(23(14-15-27)31-19-6-4-3-5-7-19)32-25(29)26-18-9-11-20(33-2)12-10-18/h3-13,16,23-24,27-28H,14-15H2,1-2H3,(H,26,29)/t23-,24-/m0/s1. The van der Waals surface area contributed by atoms with Crippen LogP contribution in [0.1, 0.15) is 18.1 Å². The van der Waals surface area contributed by atoms with Crippen molar-refractivity contribution in [3.63, 3.8) is 0 Å². The van der Waals surface area contributed by atoms with Gasteiger partial charge in [-0.3, -0.25) is 5.32 Å². The summed E-state index contributed by atoms with van der Waals surface area (Å²) in [6.45, 7) is -0.183. The normalized spacial score (nSPS) is 12.5. The lowest BCUT2D eigenvalue weighted by molar-refractivity contribution is 0.00897. The molecule has 0 bridgehead atoms. The van der Waals surface area contributed by atoms with Gasteiger partial charge in [0.2, 0.25) is 0 Å². The Labute approximate surface area is 197 Å². The van der Waals surface area contributed by atoms with Gasteiger partial charge >= 0.3 is 6.09 Å². The first-order valence-electron chi connectivity index (χ1n) is 10.3. The number of aromatic hydroxyl groups is 1. The highest BCUT2D eigenvalue weighted by Crippen LogP contribution is 2.34. The molecule has 0 fully saturated rings. The lowest BCUT2D eigenvalue weighted by atomic mass is 10.0. The number of thioether (sulfide) groups is 1. The van der Waals surface area contributed by atoms with Crippen LogP contribution in [0.5, 0.6) is 17.2 Å². The predicted molar refractivity (Wildman–Crippen MR) is 128 cm³/mol. The quantitative estimate of drug-likeness (QED) is 0.349. The van der Waals surface area contributed by atoms with E-state index >= 15 is 0 Å². The second-order valence-corrected chi connectivity index (χ2v) is 7.97. The zero-order valence-electron chi connectivity index (χ0n) is 18.4. The van der Waals surface area contributed by atoms with Crippen LogP contribution in [0.2, 0.25) is 0 Å². The van der Waals surface area contributed by atoms with Gasteiger partial charge in [0, 0.05) is 29.2 Å². The van der Waals surface area contributed by atoms with Crippen LogP contribution in [0.15, 0.2) is 77.7 Å². The second-order valence-electron chi connectivity index (χ2n) is 7.09. The van der Waals surface area contributed by atoms with Crippen LogP contribution in [0.4, 0.5) is 10.5 Å². The zero-order valence-corrected chi connectivity index (χ0v) is 19.2. The first kappa shape index (κ1) is 24.3. The Morgan fingerprint density at radius 1 is 1.06 bits per heavy atom. The van der Waals surface area contributed by atoms with Crippen molar-refractivity contribution in [2.24, 2.45) is 0 Å². The molecule has 0 heterocycles. The fourth-order valence-electron chi connectivity index (χ4n) is 3.25. The maximum absolute atomic E-state index is 12.8. The van der Waals surface area contributed by atoms with Crippen molar-refractivity contribution in [2.45, 2.75) is 23.5 Å². The van der Waals surface area contributed by atoms with Gasteiger partial charge in [0.1, 0.15) is 11.9 Å². The van der Waals surface area contributed by atoms with Gasteiger partial charge in [0.15, 0.2) is 17.6 Å². The van der Waals surface area contributed by atoms with Crippen molar-refractivity contribution >= 4 is 23.5 Å². The van der Waals surface area contributed by atoms with Gasteiger partial charge in [0.25, 0.3) is 0 Å². The summed E-state index contributed by atoms with van der Waals surface area (Å²) in [5.41, 5.74) is 1.08. The van der Waals surface area contributed by atoms with Crippen LogP contribution >= 0.6 is 11.8 Å². The second kappa shape index (κ2) is 12.0. The Hall–Kier alpha value is -3.36. The summed E-state index contributed by atoms with van der Waals surface area (Å²) in [5.74, 6) is 0.757. The van der Waals surface area contributed by atoms with E-state index in [1.807, 2.05) is 36.6 Å². The third kappa shape index (κ3) is 6.81. The molecule has 0 aliphatic rings. The summed E-state index contributed by atoms with van der Waals surface area (Å²) in [4.78, 5) is 13.8. The van der Waals surface area contributed by atoms with Gasteiger partial charge < -0.3 is 24.4 Å². The topological polar surface area (TPSA) is 97.3 Å². The number of para-hydroxylation sites is 1. The number of hydrogen-bond acceptors (Lipinski definition) is 7. The summed E-state index contributed by atoms with van der Waals surface area (Å²) in [7, 11) is 1.45. The minimum Gasteiger partial charge on any atom is -0.504 e.